The van der Waals surface area contributed by atoms with E-state index in [1.165, 1.54) is 50.5 Å². The van der Waals surface area contributed by atoms with E-state index in [-0.39, 0.29) is 43.7 Å². The maximum atomic E-state index is 12.2. The number of carbonyl (C=O) groups excluding carboxylic acids is 3. The minimum atomic E-state index is -0.549. The first-order valence-electron chi connectivity index (χ1n) is 14.1. The zero-order chi connectivity index (χ0) is 29.2. The van der Waals surface area contributed by atoms with Crippen LogP contribution < -0.4 is 5.32 Å². The molecular weight excluding hydrogens is 488 g/mol. The topological polar surface area (TPSA) is 136 Å². The normalized spacial score (nSPS) is 15.4. The lowest BCUT2D eigenvalue weighted by atomic mass is 10.0. The van der Waals surface area contributed by atoms with E-state index in [1.54, 1.807) is 18.2 Å². The number of likely N-dealkylation sites (tertiary alicyclic amines) is 1. The highest BCUT2D eigenvalue weighted by Gasteiger charge is 2.34. The van der Waals surface area contributed by atoms with E-state index in [0.29, 0.717) is 19.4 Å². The van der Waals surface area contributed by atoms with Gasteiger partial charge in [-0.3, -0.25) is 9.59 Å². The monoisotopic (exact) mass is 540 g/mol. The van der Waals surface area contributed by atoms with Crippen molar-refractivity contribution in [2.75, 3.05) is 33.4 Å². The molecule has 0 spiro atoms. The predicted molar refractivity (Wildman–Crippen MR) is 151 cm³/mol. The largest absolute Gasteiger partial charge is 0.508 e. The number of ether oxygens (including phenoxy) is 1. The average molecular weight is 541 g/mol. The summed E-state index contributed by atoms with van der Waals surface area (Å²) < 4.78 is 4.70. The zero-order valence-corrected chi connectivity index (χ0v) is 24.2. The molecule has 2 amide bonds. The Hall–Kier alpha value is -2.65. The number of aromatic hydroxyl groups is 1. The first kappa shape index (κ1) is 37.5. The van der Waals surface area contributed by atoms with Crippen LogP contribution in [0.5, 0.6) is 5.75 Å². The quantitative estimate of drug-likeness (QED) is 0.384. The number of aryl methyl sites for hydroxylation is 1. The van der Waals surface area contributed by atoms with Crippen molar-refractivity contribution in [2.24, 2.45) is 0 Å². The van der Waals surface area contributed by atoms with E-state index < -0.39 is 12.0 Å². The second-order valence-electron chi connectivity index (χ2n) is 8.28. The zero-order valence-electron chi connectivity index (χ0n) is 24.2. The Balaban J connectivity index is 0. The van der Waals surface area contributed by atoms with Gasteiger partial charge in [-0.2, -0.15) is 0 Å². The molecule has 0 bridgehead atoms. The van der Waals surface area contributed by atoms with Crippen LogP contribution in [0.2, 0.25) is 0 Å². The molecule has 1 saturated heterocycles. The standard InChI is InChI=1S/C17H22N2O5.C6H12.C2H6O2.2C2H6/c1-24-17(23)14-6-3-9-19(14)16(22)11-18-15(21)8-7-12-4-2-5-13(20)10-12;1-2-4-6-5-3-1;3-1-2-4;2*1-2/h2,4-5,10,14,20H,3,6-9,11H2,1H3,(H,18,21);1-6H2;3-4H,1-2H2;2*1-2H3. The third-order valence-corrected chi connectivity index (χ3v) is 5.63. The summed E-state index contributed by atoms with van der Waals surface area (Å²) in [6.07, 6.45) is 11.0. The third kappa shape index (κ3) is 17.7. The Bertz CT molecular complexity index is 726. The molecule has 3 rings (SSSR count). The molecule has 1 atom stereocenters. The van der Waals surface area contributed by atoms with Gasteiger partial charge in [0.25, 0.3) is 0 Å². The minimum absolute atomic E-state index is 0.125. The van der Waals surface area contributed by atoms with Crippen LogP contribution in [-0.2, 0) is 25.5 Å². The van der Waals surface area contributed by atoms with Gasteiger partial charge in [0.15, 0.2) is 0 Å². The number of aliphatic hydroxyl groups excluding tert-OH is 2. The molecule has 0 aromatic heterocycles. The number of nitrogens with one attached hydrogen (secondary N) is 1. The number of benzene rings is 1. The Morgan fingerprint density at radius 1 is 0.947 bits per heavy atom. The van der Waals surface area contributed by atoms with Crippen molar-refractivity contribution in [1.82, 2.24) is 10.2 Å². The first-order valence-corrected chi connectivity index (χ1v) is 14.1. The summed E-state index contributed by atoms with van der Waals surface area (Å²) in [6, 6.07) is 6.15. The molecule has 1 heterocycles. The summed E-state index contributed by atoms with van der Waals surface area (Å²) in [5, 5.41) is 27.2. The first-order chi connectivity index (χ1) is 18.4. The summed E-state index contributed by atoms with van der Waals surface area (Å²) in [5.41, 5.74) is 0.849. The highest BCUT2D eigenvalue weighted by molar-refractivity contribution is 5.88. The number of aliphatic hydroxyl groups is 2. The Kier molecular flexibility index (Phi) is 25.6. The van der Waals surface area contributed by atoms with Crippen LogP contribution in [0.15, 0.2) is 24.3 Å². The number of esters is 1. The number of phenols is 1. The van der Waals surface area contributed by atoms with E-state index in [4.69, 9.17) is 14.9 Å². The van der Waals surface area contributed by atoms with E-state index in [2.05, 4.69) is 5.32 Å². The van der Waals surface area contributed by atoms with Crippen LogP contribution in [0, 0.1) is 0 Å². The van der Waals surface area contributed by atoms with Gasteiger partial charge >= 0.3 is 5.97 Å². The molecule has 1 aliphatic carbocycles. The Morgan fingerprint density at radius 3 is 1.97 bits per heavy atom. The number of phenolic OH excluding ortho intramolecular Hbond substituents is 1. The molecular formula is C29H52N2O7. The summed E-state index contributed by atoms with van der Waals surface area (Å²) in [5.74, 6) is -0.795. The van der Waals surface area contributed by atoms with E-state index in [1.807, 2.05) is 33.8 Å². The molecule has 1 unspecified atom stereocenters. The number of hydrogen-bond donors (Lipinski definition) is 4. The van der Waals surface area contributed by atoms with Gasteiger partial charge in [-0.25, -0.2) is 4.79 Å². The number of nitrogens with zero attached hydrogens (tertiary/aromatic N) is 1. The van der Waals surface area contributed by atoms with Crippen molar-refractivity contribution in [3.8, 4) is 5.75 Å². The summed E-state index contributed by atoms with van der Waals surface area (Å²) in [6.45, 7) is 8.12. The maximum absolute atomic E-state index is 12.2. The van der Waals surface area contributed by atoms with E-state index in [0.717, 1.165) is 12.0 Å². The van der Waals surface area contributed by atoms with Gasteiger partial charge in [0.2, 0.25) is 11.8 Å². The number of carbonyl (C=O) groups is 3. The fourth-order valence-electron chi connectivity index (χ4n) is 3.84. The second-order valence-corrected chi connectivity index (χ2v) is 8.28. The number of hydrogen-bond acceptors (Lipinski definition) is 7. The van der Waals surface area contributed by atoms with Gasteiger partial charge in [0, 0.05) is 13.0 Å². The van der Waals surface area contributed by atoms with Crippen LogP contribution in [0.1, 0.15) is 91.0 Å². The third-order valence-electron chi connectivity index (χ3n) is 5.63. The predicted octanol–water partition coefficient (Wildman–Crippen LogP) is 3.97. The van der Waals surface area contributed by atoms with Gasteiger partial charge in [-0.15, -0.1) is 0 Å². The molecule has 1 saturated carbocycles. The van der Waals surface area contributed by atoms with Crippen molar-refractivity contribution in [2.45, 2.75) is 97.9 Å². The summed E-state index contributed by atoms with van der Waals surface area (Å²) in [7, 11) is 1.30. The highest BCUT2D eigenvalue weighted by atomic mass is 16.5. The lowest BCUT2D eigenvalue weighted by Gasteiger charge is -2.22. The molecule has 2 fully saturated rings. The van der Waals surface area contributed by atoms with Gasteiger partial charge in [-0.05, 0) is 37.0 Å². The number of amides is 2. The van der Waals surface area contributed by atoms with Gasteiger partial charge < -0.3 is 30.3 Å². The molecule has 220 valence electrons. The van der Waals surface area contributed by atoms with Gasteiger partial charge in [0.05, 0.1) is 26.9 Å². The van der Waals surface area contributed by atoms with Crippen LogP contribution in [-0.4, -0.2) is 77.5 Å². The smallest absolute Gasteiger partial charge is 0.328 e. The van der Waals surface area contributed by atoms with Crippen LogP contribution >= 0.6 is 0 Å². The highest BCUT2D eigenvalue weighted by Crippen LogP contribution is 2.18. The molecule has 1 aliphatic heterocycles. The molecule has 0 radical (unpaired) electrons. The van der Waals surface area contributed by atoms with E-state index in [9.17, 15) is 19.5 Å². The van der Waals surface area contributed by atoms with Crippen molar-refractivity contribution < 1.29 is 34.4 Å². The fourth-order valence-corrected chi connectivity index (χ4v) is 3.84. The number of rotatable bonds is 7. The van der Waals surface area contributed by atoms with Gasteiger partial charge in [-0.1, -0.05) is 78.4 Å². The minimum Gasteiger partial charge on any atom is -0.508 e. The van der Waals surface area contributed by atoms with Crippen molar-refractivity contribution >= 4 is 17.8 Å². The fraction of sp³-hybridized carbons (Fsp3) is 0.690. The van der Waals surface area contributed by atoms with E-state index >= 15 is 0 Å². The lowest BCUT2D eigenvalue weighted by molar-refractivity contribution is -0.150. The molecule has 9 nitrogen and oxygen atoms in total. The molecule has 4 N–H and O–H groups in total. The second kappa shape index (κ2) is 26.0. The SMILES string of the molecule is C1CCCCC1.CC.CC.COC(=O)C1CCCN1C(=O)CNC(=O)CCc1cccc(O)c1.OCCO. The van der Waals surface area contributed by atoms with Crippen LogP contribution in [0.3, 0.4) is 0 Å². The molecule has 2 aliphatic rings. The average Bonchev–Trinajstić information content (AvgIpc) is 3.48. The van der Waals surface area contributed by atoms with Crippen molar-refractivity contribution in [3.63, 3.8) is 0 Å². The van der Waals surface area contributed by atoms with Crippen molar-refractivity contribution in [3.05, 3.63) is 29.8 Å². The molecule has 1 aromatic rings. The maximum Gasteiger partial charge on any atom is 0.328 e. The Labute approximate surface area is 229 Å². The van der Waals surface area contributed by atoms with Gasteiger partial charge in [0.1, 0.15) is 11.8 Å². The molecule has 9 heteroatoms. The number of methoxy groups -OCH3 is 1. The van der Waals surface area contributed by atoms with Crippen molar-refractivity contribution in [1.29, 1.82) is 0 Å². The molecule has 38 heavy (non-hydrogen) atoms. The Morgan fingerprint density at radius 2 is 1.50 bits per heavy atom. The van der Waals surface area contributed by atoms with Crippen LogP contribution in [0.4, 0.5) is 0 Å². The lowest BCUT2D eigenvalue weighted by Crippen LogP contribution is -2.45. The molecule has 1 aromatic carbocycles. The summed E-state index contributed by atoms with van der Waals surface area (Å²) in [4.78, 5) is 37.1. The van der Waals surface area contributed by atoms with Crippen LogP contribution in [0.25, 0.3) is 0 Å². The summed E-state index contributed by atoms with van der Waals surface area (Å²) >= 11 is 0.